The number of benzene rings is 3. The van der Waals surface area contributed by atoms with Crippen molar-refractivity contribution in [2.45, 2.75) is 33.6 Å². The lowest BCUT2D eigenvalue weighted by Gasteiger charge is -2.11. The van der Waals surface area contributed by atoms with Gasteiger partial charge in [-0.2, -0.15) is 0 Å². The molecule has 3 rings (SSSR count). The van der Waals surface area contributed by atoms with Gasteiger partial charge in [0.05, 0.1) is 0 Å². The first-order valence-corrected chi connectivity index (χ1v) is 8.72. The van der Waals surface area contributed by atoms with Gasteiger partial charge in [-0.3, -0.25) is 0 Å². The Hall–Kier alpha value is -2.48. The third-order valence-electron chi connectivity index (χ3n) is 4.83. The monoisotopic (exact) mass is 336 g/mol. The Morgan fingerprint density at radius 2 is 1.36 bits per heavy atom. The van der Waals surface area contributed by atoms with Crippen LogP contribution in [0.4, 0.5) is 8.78 Å². The van der Waals surface area contributed by atoms with Gasteiger partial charge in [0.1, 0.15) is 11.6 Å². The standard InChI is InChI=1S/C23H22F2/c1-4-16-6-8-18(9-7-16)20-12-11-19(14-22(20)24)21-13-10-17(5-2)15(3)23(21)25/h6-14H,4-5H2,1-3H3. The van der Waals surface area contributed by atoms with E-state index in [1.54, 1.807) is 25.1 Å². The van der Waals surface area contributed by atoms with Gasteiger partial charge in [-0.05, 0) is 53.6 Å². The molecule has 0 spiro atoms. The Bertz CT molecular complexity index is 893. The van der Waals surface area contributed by atoms with Gasteiger partial charge in [-0.1, -0.05) is 62.4 Å². The van der Waals surface area contributed by atoms with E-state index in [-0.39, 0.29) is 11.6 Å². The van der Waals surface area contributed by atoms with Crippen molar-refractivity contribution in [1.29, 1.82) is 0 Å². The minimum Gasteiger partial charge on any atom is -0.206 e. The molecule has 0 unspecified atom stereocenters. The number of rotatable bonds is 4. The van der Waals surface area contributed by atoms with Gasteiger partial charge in [0.25, 0.3) is 0 Å². The molecule has 0 radical (unpaired) electrons. The first-order chi connectivity index (χ1) is 12.0. The maximum atomic E-state index is 14.7. The van der Waals surface area contributed by atoms with Crippen LogP contribution in [0.25, 0.3) is 22.3 Å². The second-order valence-electron chi connectivity index (χ2n) is 6.31. The van der Waals surface area contributed by atoms with Crippen LogP contribution in [0, 0.1) is 18.6 Å². The summed E-state index contributed by atoms with van der Waals surface area (Å²) in [7, 11) is 0. The van der Waals surface area contributed by atoms with Crippen molar-refractivity contribution < 1.29 is 8.78 Å². The maximum absolute atomic E-state index is 14.7. The Labute approximate surface area is 148 Å². The van der Waals surface area contributed by atoms with Crippen molar-refractivity contribution in [2.75, 3.05) is 0 Å². The van der Waals surface area contributed by atoms with Crippen LogP contribution in [-0.4, -0.2) is 0 Å². The first-order valence-electron chi connectivity index (χ1n) is 8.72. The zero-order valence-electron chi connectivity index (χ0n) is 14.9. The molecule has 0 aliphatic heterocycles. The molecule has 0 atom stereocenters. The summed E-state index contributed by atoms with van der Waals surface area (Å²) in [5, 5.41) is 0. The van der Waals surface area contributed by atoms with Crippen molar-refractivity contribution in [3.8, 4) is 22.3 Å². The highest BCUT2D eigenvalue weighted by Crippen LogP contribution is 2.31. The lowest BCUT2D eigenvalue weighted by Crippen LogP contribution is -1.95. The maximum Gasteiger partial charge on any atom is 0.134 e. The summed E-state index contributed by atoms with van der Waals surface area (Å²) >= 11 is 0. The largest absolute Gasteiger partial charge is 0.206 e. The Morgan fingerprint density at radius 3 is 1.96 bits per heavy atom. The molecule has 0 aliphatic carbocycles. The highest BCUT2D eigenvalue weighted by atomic mass is 19.1. The summed E-state index contributed by atoms with van der Waals surface area (Å²) in [6, 6.07) is 16.5. The average Bonchev–Trinajstić information content (AvgIpc) is 2.64. The normalized spacial score (nSPS) is 10.9. The first kappa shape index (κ1) is 17.3. The molecule has 3 aromatic rings. The molecule has 128 valence electrons. The third kappa shape index (κ3) is 3.34. The summed E-state index contributed by atoms with van der Waals surface area (Å²) in [6.45, 7) is 5.86. The summed E-state index contributed by atoms with van der Waals surface area (Å²) in [4.78, 5) is 0. The summed E-state index contributed by atoms with van der Waals surface area (Å²) < 4.78 is 29.3. The molecule has 0 aliphatic rings. The summed E-state index contributed by atoms with van der Waals surface area (Å²) in [5.41, 5.74) is 5.22. The van der Waals surface area contributed by atoms with Crippen LogP contribution in [0.15, 0.2) is 54.6 Å². The number of hydrogen-bond acceptors (Lipinski definition) is 0. The fraction of sp³-hybridized carbons (Fsp3) is 0.217. The Balaban J connectivity index is 2.01. The molecule has 25 heavy (non-hydrogen) atoms. The van der Waals surface area contributed by atoms with Crippen molar-refractivity contribution in [3.63, 3.8) is 0 Å². The lowest BCUT2D eigenvalue weighted by atomic mass is 9.95. The summed E-state index contributed by atoms with van der Waals surface area (Å²) in [5.74, 6) is -0.600. The fourth-order valence-corrected chi connectivity index (χ4v) is 3.17. The average molecular weight is 336 g/mol. The van der Waals surface area contributed by atoms with E-state index in [1.165, 1.54) is 11.6 Å². The summed E-state index contributed by atoms with van der Waals surface area (Å²) in [6.07, 6.45) is 1.73. The number of halogens is 2. The molecular formula is C23H22F2. The second-order valence-corrected chi connectivity index (χ2v) is 6.31. The van der Waals surface area contributed by atoms with E-state index >= 15 is 0 Å². The molecule has 0 saturated carbocycles. The number of aryl methyl sites for hydroxylation is 2. The van der Waals surface area contributed by atoms with Crippen LogP contribution in [0.1, 0.15) is 30.5 Å². The fourth-order valence-electron chi connectivity index (χ4n) is 3.17. The molecule has 0 heterocycles. The van der Waals surface area contributed by atoms with Crippen molar-refractivity contribution in [2.24, 2.45) is 0 Å². The molecule has 0 fully saturated rings. The molecule has 0 aromatic heterocycles. The minimum absolute atomic E-state index is 0.265. The van der Waals surface area contributed by atoms with Gasteiger partial charge in [-0.15, -0.1) is 0 Å². The lowest BCUT2D eigenvalue weighted by molar-refractivity contribution is 0.617. The molecule has 3 aromatic carbocycles. The van der Waals surface area contributed by atoms with E-state index in [0.717, 1.165) is 24.0 Å². The minimum atomic E-state index is -0.335. The van der Waals surface area contributed by atoms with E-state index in [2.05, 4.69) is 6.92 Å². The Kier molecular flexibility index (Phi) is 4.98. The van der Waals surface area contributed by atoms with Gasteiger partial charge in [0.15, 0.2) is 0 Å². The molecule has 0 bridgehead atoms. The molecule has 0 N–H and O–H groups in total. The quantitative estimate of drug-likeness (QED) is 0.495. The van der Waals surface area contributed by atoms with Gasteiger partial charge in [0.2, 0.25) is 0 Å². The highest BCUT2D eigenvalue weighted by Gasteiger charge is 2.13. The van der Waals surface area contributed by atoms with Crippen LogP contribution >= 0.6 is 0 Å². The van der Waals surface area contributed by atoms with Gasteiger partial charge < -0.3 is 0 Å². The molecule has 0 amide bonds. The van der Waals surface area contributed by atoms with Gasteiger partial charge >= 0.3 is 0 Å². The van der Waals surface area contributed by atoms with E-state index in [9.17, 15) is 8.78 Å². The highest BCUT2D eigenvalue weighted by molar-refractivity contribution is 5.72. The zero-order chi connectivity index (χ0) is 18.0. The van der Waals surface area contributed by atoms with Crippen LogP contribution in [-0.2, 0) is 12.8 Å². The van der Waals surface area contributed by atoms with Gasteiger partial charge in [0, 0.05) is 11.1 Å². The third-order valence-corrected chi connectivity index (χ3v) is 4.83. The van der Waals surface area contributed by atoms with Crippen LogP contribution in [0.5, 0.6) is 0 Å². The second kappa shape index (κ2) is 7.18. The smallest absolute Gasteiger partial charge is 0.134 e. The molecular weight excluding hydrogens is 314 g/mol. The van der Waals surface area contributed by atoms with Crippen LogP contribution in [0.2, 0.25) is 0 Å². The number of hydrogen-bond donors (Lipinski definition) is 0. The van der Waals surface area contributed by atoms with E-state index in [4.69, 9.17) is 0 Å². The molecule has 2 heteroatoms. The molecule has 0 saturated heterocycles. The van der Waals surface area contributed by atoms with E-state index in [1.807, 2.05) is 37.3 Å². The predicted molar refractivity (Wildman–Crippen MR) is 101 cm³/mol. The van der Waals surface area contributed by atoms with Crippen molar-refractivity contribution >= 4 is 0 Å². The zero-order valence-corrected chi connectivity index (χ0v) is 14.9. The van der Waals surface area contributed by atoms with Crippen molar-refractivity contribution in [1.82, 2.24) is 0 Å². The van der Waals surface area contributed by atoms with Crippen LogP contribution < -0.4 is 0 Å². The SMILES string of the molecule is CCc1ccc(-c2ccc(-c3ccc(CC)c(C)c3F)cc2F)cc1. The van der Waals surface area contributed by atoms with Gasteiger partial charge in [-0.25, -0.2) is 8.78 Å². The van der Waals surface area contributed by atoms with E-state index < -0.39 is 0 Å². The van der Waals surface area contributed by atoms with Crippen molar-refractivity contribution in [3.05, 3.63) is 82.9 Å². The molecule has 0 nitrogen and oxygen atoms in total. The topological polar surface area (TPSA) is 0 Å². The van der Waals surface area contributed by atoms with Crippen LogP contribution in [0.3, 0.4) is 0 Å². The Morgan fingerprint density at radius 1 is 0.720 bits per heavy atom. The predicted octanol–water partition coefficient (Wildman–Crippen LogP) is 6.73. The van der Waals surface area contributed by atoms with E-state index in [0.29, 0.717) is 22.3 Å².